The number of anilines is 2. The Morgan fingerprint density at radius 3 is 1.86 bits per heavy atom. The van der Waals surface area contributed by atoms with E-state index in [1.807, 2.05) is 42.5 Å². The monoisotopic (exact) mass is 295 g/mol. The largest absolute Gasteiger partial charge is 0.349 e. The van der Waals surface area contributed by atoms with Crippen LogP contribution in [-0.4, -0.2) is 5.91 Å². The molecule has 0 aliphatic rings. The Morgan fingerprint density at radius 1 is 0.905 bits per heavy atom. The van der Waals surface area contributed by atoms with E-state index in [-0.39, 0.29) is 10.6 Å². The number of thiol groups is 1. The first-order valence-corrected chi connectivity index (χ1v) is 6.67. The summed E-state index contributed by atoms with van der Waals surface area (Å²) < 4.78 is 0. The van der Waals surface area contributed by atoms with Gasteiger partial charge in [-0.25, -0.2) is 0 Å². The van der Waals surface area contributed by atoms with E-state index in [9.17, 15) is 4.79 Å². The van der Waals surface area contributed by atoms with Gasteiger partial charge in [-0.05, 0) is 24.3 Å². The van der Waals surface area contributed by atoms with Crippen molar-refractivity contribution < 1.29 is 4.79 Å². The molecule has 5 heteroatoms. The van der Waals surface area contributed by atoms with Gasteiger partial charge >= 0.3 is 0 Å². The molecular weight excluding hydrogens is 282 g/mol. The molecule has 0 aliphatic carbocycles. The lowest BCUT2D eigenvalue weighted by Crippen LogP contribution is -2.16. The Morgan fingerprint density at radius 2 is 1.38 bits per heavy atom. The maximum absolute atomic E-state index is 12.1. The summed E-state index contributed by atoms with van der Waals surface area (Å²) in [5, 5.41) is 14.9. The number of carbonyl (C=O) groups is 1. The minimum absolute atomic E-state index is 0.0777. The van der Waals surface area contributed by atoms with Gasteiger partial charge < -0.3 is 10.6 Å². The number of hydrogen-bond donors (Lipinski definition) is 3. The molecule has 0 aromatic heterocycles. The Labute approximate surface area is 128 Å². The van der Waals surface area contributed by atoms with E-state index >= 15 is 0 Å². The topological polar surface area (TPSA) is 64.9 Å². The van der Waals surface area contributed by atoms with Gasteiger partial charge in [0.2, 0.25) is 0 Å². The first-order valence-electron chi connectivity index (χ1n) is 6.22. The van der Waals surface area contributed by atoms with Crippen LogP contribution in [0.25, 0.3) is 0 Å². The zero-order valence-corrected chi connectivity index (χ0v) is 12.0. The fourth-order valence-corrected chi connectivity index (χ4v) is 1.93. The quantitative estimate of drug-likeness (QED) is 0.460. The van der Waals surface area contributed by atoms with Crippen LogP contribution in [0.1, 0.15) is 0 Å². The summed E-state index contributed by atoms with van der Waals surface area (Å²) in [6.07, 6.45) is 0. The van der Waals surface area contributed by atoms with Crippen molar-refractivity contribution in [2.45, 2.75) is 0 Å². The highest BCUT2D eigenvalue weighted by atomic mass is 32.1. The number of nitrogens with one attached hydrogen (secondary N) is 2. The predicted molar refractivity (Wildman–Crippen MR) is 86.8 cm³/mol. The summed E-state index contributed by atoms with van der Waals surface area (Å²) >= 11 is 4.21. The van der Waals surface area contributed by atoms with Gasteiger partial charge in [0, 0.05) is 11.4 Å². The van der Waals surface area contributed by atoms with Gasteiger partial charge in [0.25, 0.3) is 5.91 Å². The number of rotatable bonds is 4. The van der Waals surface area contributed by atoms with E-state index in [2.05, 4.69) is 23.3 Å². The van der Waals surface area contributed by atoms with Gasteiger partial charge in [-0.3, -0.25) is 4.79 Å². The number of benzene rings is 2. The third-order valence-electron chi connectivity index (χ3n) is 2.64. The second-order valence-electron chi connectivity index (χ2n) is 4.15. The fourth-order valence-electron chi connectivity index (χ4n) is 1.65. The molecule has 2 N–H and O–H groups in total. The molecule has 4 nitrogen and oxygen atoms in total. The van der Waals surface area contributed by atoms with E-state index in [1.54, 1.807) is 24.3 Å². The SMILES string of the molecule is N#CC(C(=O)Nc1ccccc1)=C(S)Nc1ccccc1. The van der Waals surface area contributed by atoms with E-state index < -0.39 is 5.91 Å². The number of para-hydroxylation sites is 2. The van der Waals surface area contributed by atoms with Crippen molar-refractivity contribution in [3.8, 4) is 6.07 Å². The standard InChI is InChI=1S/C16H13N3OS/c17-11-14(15(20)18-12-7-3-1-4-8-12)16(21)19-13-9-5-2-6-10-13/h1-10,19,21H,(H,18,20). The molecule has 21 heavy (non-hydrogen) atoms. The van der Waals surface area contributed by atoms with Gasteiger partial charge in [0.1, 0.15) is 11.6 Å². The summed E-state index contributed by atoms with van der Waals surface area (Å²) in [4.78, 5) is 12.1. The van der Waals surface area contributed by atoms with Gasteiger partial charge in [-0.2, -0.15) is 5.26 Å². The number of nitriles is 1. The minimum Gasteiger partial charge on any atom is -0.349 e. The number of hydrogen-bond acceptors (Lipinski definition) is 4. The van der Waals surface area contributed by atoms with Crippen molar-refractivity contribution in [2.75, 3.05) is 10.6 Å². The average Bonchev–Trinajstić information content (AvgIpc) is 2.50. The van der Waals surface area contributed by atoms with Crippen LogP contribution in [0.2, 0.25) is 0 Å². The molecule has 0 heterocycles. The first-order chi connectivity index (χ1) is 10.2. The van der Waals surface area contributed by atoms with Gasteiger partial charge in [0.15, 0.2) is 0 Å². The Kier molecular flexibility index (Phi) is 5.02. The molecule has 0 radical (unpaired) electrons. The average molecular weight is 295 g/mol. The van der Waals surface area contributed by atoms with Crippen molar-refractivity contribution in [1.29, 1.82) is 5.26 Å². The number of carbonyl (C=O) groups excluding carboxylic acids is 1. The fraction of sp³-hybridized carbons (Fsp3) is 0. The molecule has 0 spiro atoms. The molecule has 2 aromatic carbocycles. The van der Waals surface area contributed by atoms with Crippen LogP contribution in [0.3, 0.4) is 0 Å². The molecule has 104 valence electrons. The summed E-state index contributed by atoms with van der Waals surface area (Å²) in [7, 11) is 0. The second-order valence-corrected chi connectivity index (χ2v) is 4.59. The van der Waals surface area contributed by atoms with E-state index in [4.69, 9.17) is 5.26 Å². The Hall–Kier alpha value is -2.71. The third-order valence-corrected chi connectivity index (χ3v) is 2.98. The Bertz CT molecular complexity index is 690. The first kappa shape index (κ1) is 14.7. The molecule has 0 fully saturated rings. The van der Waals surface area contributed by atoms with Gasteiger partial charge in [0.05, 0.1) is 5.03 Å². The van der Waals surface area contributed by atoms with Crippen molar-refractivity contribution in [2.24, 2.45) is 0 Å². The van der Waals surface area contributed by atoms with E-state index in [0.29, 0.717) is 5.69 Å². The zero-order chi connectivity index (χ0) is 15.1. The van der Waals surface area contributed by atoms with Crippen LogP contribution < -0.4 is 10.6 Å². The van der Waals surface area contributed by atoms with Crippen molar-refractivity contribution in [1.82, 2.24) is 0 Å². The van der Waals surface area contributed by atoms with Crippen LogP contribution in [0.5, 0.6) is 0 Å². The molecule has 0 bridgehead atoms. The summed E-state index contributed by atoms with van der Waals surface area (Å²) in [6, 6.07) is 20.0. The number of nitrogens with zero attached hydrogens (tertiary/aromatic N) is 1. The summed E-state index contributed by atoms with van der Waals surface area (Å²) in [6.45, 7) is 0. The molecular formula is C16H13N3OS. The van der Waals surface area contributed by atoms with Crippen molar-refractivity contribution in [3.05, 3.63) is 71.3 Å². The molecule has 2 rings (SSSR count). The zero-order valence-electron chi connectivity index (χ0n) is 11.1. The van der Waals surface area contributed by atoms with E-state index in [0.717, 1.165) is 5.69 Å². The van der Waals surface area contributed by atoms with E-state index in [1.165, 1.54) is 0 Å². The van der Waals surface area contributed by atoms with Crippen LogP contribution >= 0.6 is 12.6 Å². The normalized spacial score (nSPS) is 11.0. The van der Waals surface area contributed by atoms with Gasteiger partial charge in [-0.1, -0.05) is 36.4 Å². The molecule has 1 amide bonds. The van der Waals surface area contributed by atoms with Crippen LogP contribution in [-0.2, 0) is 4.79 Å². The maximum atomic E-state index is 12.1. The highest BCUT2D eigenvalue weighted by Gasteiger charge is 2.13. The molecule has 0 saturated heterocycles. The Balaban J connectivity index is 2.16. The summed E-state index contributed by atoms with van der Waals surface area (Å²) in [5.74, 6) is -0.503. The minimum atomic E-state index is -0.503. The third kappa shape index (κ3) is 4.13. The van der Waals surface area contributed by atoms with Crippen molar-refractivity contribution in [3.63, 3.8) is 0 Å². The maximum Gasteiger partial charge on any atom is 0.269 e. The molecule has 0 atom stereocenters. The molecule has 0 unspecified atom stereocenters. The smallest absolute Gasteiger partial charge is 0.269 e. The second kappa shape index (κ2) is 7.17. The highest BCUT2D eigenvalue weighted by Crippen LogP contribution is 2.16. The van der Waals surface area contributed by atoms with Crippen LogP contribution in [0, 0.1) is 11.3 Å². The van der Waals surface area contributed by atoms with Gasteiger partial charge in [-0.15, -0.1) is 12.6 Å². The number of amides is 1. The lowest BCUT2D eigenvalue weighted by Gasteiger charge is -2.09. The van der Waals surface area contributed by atoms with Crippen LogP contribution in [0.15, 0.2) is 71.3 Å². The predicted octanol–water partition coefficient (Wildman–Crippen LogP) is 3.40. The van der Waals surface area contributed by atoms with Crippen molar-refractivity contribution >= 4 is 29.9 Å². The van der Waals surface area contributed by atoms with Crippen LogP contribution in [0.4, 0.5) is 11.4 Å². The lowest BCUT2D eigenvalue weighted by molar-refractivity contribution is -0.112. The molecule has 0 aliphatic heterocycles. The molecule has 2 aromatic rings. The summed E-state index contributed by atoms with van der Waals surface area (Å²) in [5.41, 5.74) is 1.30. The lowest BCUT2D eigenvalue weighted by atomic mass is 10.2. The highest BCUT2D eigenvalue weighted by molar-refractivity contribution is 7.84. The molecule has 0 saturated carbocycles.